The second-order valence-corrected chi connectivity index (χ2v) is 5.61. The molecule has 0 heterocycles. The summed E-state index contributed by atoms with van der Waals surface area (Å²) in [5.74, 6) is 0. The molecule has 0 unspecified atom stereocenters. The summed E-state index contributed by atoms with van der Waals surface area (Å²) >= 11 is 1.68. The van der Waals surface area contributed by atoms with Gasteiger partial charge in [0.25, 0.3) is 0 Å². The first-order valence-corrected chi connectivity index (χ1v) is 7.65. The van der Waals surface area contributed by atoms with E-state index in [0.717, 1.165) is 39.0 Å². The summed E-state index contributed by atoms with van der Waals surface area (Å²) in [6.07, 6.45) is 2.22. The van der Waals surface area contributed by atoms with Crippen molar-refractivity contribution in [2.45, 2.75) is 24.3 Å². The fraction of sp³-hybridized carbons (Fsp3) is 0.571. The number of nitrogens with zero attached hydrogens (tertiary/aromatic N) is 1. The van der Waals surface area contributed by atoms with Gasteiger partial charge in [0.15, 0.2) is 0 Å². The molecule has 0 amide bonds. The number of nitrogens with two attached hydrogens (primary N) is 2. The van der Waals surface area contributed by atoms with Gasteiger partial charge in [-0.1, -0.05) is 12.1 Å². The number of rotatable bonds is 10. The molecule has 1 aromatic carbocycles. The van der Waals surface area contributed by atoms with Gasteiger partial charge < -0.3 is 16.4 Å². The molecule has 0 aromatic heterocycles. The van der Waals surface area contributed by atoms with Crippen LogP contribution in [0.4, 0.5) is 0 Å². The van der Waals surface area contributed by atoms with Gasteiger partial charge in [-0.25, -0.2) is 0 Å². The zero-order valence-corrected chi connectivity index (χ0v) is 12.6. The zero-order chi connectivity index (χ0) is 13.9. The lowest BCUT2D eigenvalue weighted by Crippen LogP contribution is -2.24. The first-order chi connectivity index (χ1) is 9.26. The molecular weight excluding hydrogens is 256 g/mol. The SMILES string of the molecule is CN(CCCN)CCCNSc1ccc(CN)cc1. The van der Waals surface area contributed by atoms with Gasteiger partial charge >= 0.3 is 0 Å². The molecule has 0 saturated carbocycles. The first kappa shape index (κ1) is 16.5. The van der Waals surface area contributed by atoms with E-state index in [9.17, 15) is 0 Å². The molecule has 19 heavy (non-hydrogen) atoms. The van der Waals surface area contributed by atoms with E-state index in [4.69, 9.17) is 11.5 Å². The van der Waals surface area contributed by atoms with Crippen molar-refractivity contribution in [3.8, 4) is 0 Å². The largest absolute Gasteiger partial charge is 0.330 e. The summed E-state index contributed by atoms with van der Waals surface area (Å²) in [6, 6.07) is 8.36. The summed E-state index contributed by atoms with van der Waals surface area (Å²) in [5.41, 5.74) is 12.2. The molecule has 0 atom stereocenters. The van der Waals surface area contributed by atoms with Crippen LogP contribution >= 0.6 is 11.9 Å². The van der Waals surface area contributed by atoms with E-state index < -0.39 is 0 Å². The molecule has 0 spiro atoms. The molecule has 0 aliphatic rings. The molecule has 108 valence electrons. The third-order valence-electron chi connectivity index (χ3n) is 2.91. The van der Waals surface area contributed by atoms with Gasteiger partial charge in [-0.15, -0.1) is 0 Å². The molecule has 0 aliphatic heterocycles. The van der Waals surface area contributed by atoms with Gasteiger partial charge in [0.05, 0.1) is 0 Å². The van der Waals surface area contributed by atoms with Crippen molar-refractivity contribution in [1.82, 2.24) is 9.62 Å². The van der Waals surface area contributed by atoms with Gasteiger partial charge in [0.1, 0.15) is 0 Å². The predicted molar refractivity (Wildman–Crippen MR) is 84.0 cm³/mol. The predicted octanol–water partition coefficient (Wildman–Crippen LogP) is 1.41. The highest BCUT2D eigenvalue weighted by Gasteiger charge is 1.98. The van der Waals surface area contributed by atoms with Crippen molar-refractivity contribution in [2.75, 3.05) is 33.2 Å². The van der Waals surface area contributed by atoms with E-state index >= 15 is 0 Å². The van der Waals surface area contributed by atoms with E-state index in [1.165, 1.54) is 10.5 Å². The smallest absolute Gasteiger partial charge is 0.0228 e. The van der Waals surface area contributed by atoms with Crippen molar-refractivity contribution in [2.24, 2.45) is 11.5 Å². The summed E-state index contributed by atoms with van der Waals surface area (Å²) in [6.45, 7) is 4.59. The van der Waals surface area contributed by atoms with Crippen LogP contribution in [0.5, 0.6) is 0 Å². The van der Waals surface area contributed by atoms with E-state index in [2.05, 4.69) is 40.9 Å². The molecule has 5 N–H and O–H groups in total. The average molecular weight is 282 g/mol. The van der Waals surface area contributed by atoms with Crippen LogP contribution < -0.4 is 16.2 Å². The van der Waals surface area contributed by atoms with Crippen LogP contribution in [-0.4, -0.2) is 38.1 Å². The molecule has 0 saturated heterocycles. The Bertz CT molecular complexity index is 329. The van der Waals surface area contributed by atoms with Crippen LogP contribution in [0.25, 0.3) is 0 Å². The molecule has 0 radical (unpaired) electrons. The molecule has 0 fully saturated rings. The van der Waals surface area contributed by atoms with Crippen molar-refractivity contribution < 1.29 is 0 Å². The zero-order valence-electron chi connectivity index (χ0n) is 11.8. The monoisotopic (exact) mass is 282 g/mol. The van der Waals surface area contributed by atoms with Gasteiger partial charge in [0, 0.05) is 18.0 Å². The van der Waals surface area contributed by atoms with Gasteiger partial charge in [0.2, 0.25) is 0 Å². The summed E-state index contributed by atoms with van der Waals surface area (Å²) in [7, 11) is 2.15. The van der Waals surface area contributed by atoms with E-state index in [-0.39, 0.29) is 0 Å². The standard InChI is InChI=1S/C14H26N4S/c1-18(10-2-8-15)11-3-9-17-19-14-6-4-13(12-16)5-7-14/h4-7,17H,2-3,8-12,15-16H2,1H3. The van der Waals surface area contributed by atoms with Crippen molar-refractivity contribution in [3.63, 3.8) is 0 Å². The molecule has 5 heteroatoms. The topological polar surface area (TPSA) is 67.3 Å². The van der Waals surface area contributed by atoms with Crippen LogP contribution in [0.2, 0.25) is 0 Å². The Kier molecular flexibility index (Phi) is 8.86. The fourth-order valence-electron chi connectivity index (χ4n) is 1.72. The lowest BCUT2D eigenvalue weighted by Gasteiger charge is -2.15. The summed E-state index contributed by atoms with van der Waals surface area (Å²) < 4.78 is 3.38. The Morgan fingerprint density at radius 2 is 1.79 bits per heavy atom. The second kappa shape index (κ2) is 10.2. The van der Waals surface area contributed by atoms with E-state index in [0.29, 0.717) is 6.54 Å². The fourth-order valence-corrected chi connectivity index (χ4v) is 2.41. The number of hydrogen-bond acceptors (Lipinski definition) is 5. The van der Waals surface area contributed by atoms with E-state index in [1.54, 1.807) is 11.9 Å². The summed E-state index contributed by atoms with van der Waals surface area (Å²) in [5, 5.41) is 0. The Morgan fingerprint density at radius 3 is 2.42 bits per heavy atom. The lowest BCUT2D eigenvalue weighted by atomic mass is 10.2. The highest BCUT2D eigenvalue weighted by molar-refractivity contribution is 7.97. The molecule has 0 aliphatic carbocycles. The minimum absolute atomic E-state index is 0.605. The normalized spacial score (nSPS) is 11.2. The first-order valence-electron chi connectivity index (χ1n) is 6.83. The van der Waals surface area contributed by atoms with Gasteiger partial charge in [-0.3, -0.25) is 4.72 Å². The maximum absolute atomic E-state index is 5.57. The average Bonchev–Trinajstić information content (AvgIpc) is 2.45. The van der Waals surface area contributed by atoms with Gasteiger partial charge in [-0.2, -0.15) is 0 Å². The molecule has 1 rings (SSSR count). The minimum Gasteiger partial charge on any atom is -0.330 e. The maximum Gasteiger partial charge on any atom is 0.0228 e. The van der Waals surface area contributed by atoms with Crippen LogP contribution in [0.15, 0.2) is 29.2 Å². The molecule has 0 bridgehead atoms. The summed E-state index contributed by atoms with van der Waals surface area (Å²) in [4.78, 5) is 3.56. The van der Waals surface area contributed by atoms with Crippen molar-refractivity contribution in [1.29, 1.82) is 0 Å². The van der Waals surface area contributed by atoms with Crippen LogP contribution in [-0.2, 0) is 6.54 Å². The second-order valence-electron chi connectivity index (χ2n) is 4.64. The minimum atomic E-state index is 0.605. The van der Waals surface area contributed by atoms with Crippen molar-refractivity contribution in [3.05, 3.63) is 29.8 Å². The number of hydrogen-bond donors (Lipinski definition) is 3. The molecule has 4 nitrogen and oxygen atoms in total. The third kappa shape index (κ3) is 7.54. The Hall–Kier alpha value is -0.590. The number of nitrogens with one attached hydrogen (secondary N) is 1. The maximum atomic E-state index is 5.57. The Balaban J connectivity index is 2.06. The van der Waals surface area contributed by atoms with Gasteiger partial charge in [-0.05, 0) is 69.2 Å². The van der Waals surface area contributed by atoms with Crippen LogP contribution in [0.1, 0.15) is 18.4 Å². The van der Waals surface area contributed by atoms with Crippen molar-refractivity contribution >= 4 is 11.9 Å². The van der Waals surface area contributed by atoms with Crippen LogP contribution in [0.3, 0.4) is 0 Å². The third-order valence-corrected chi connectivity index (χ3v) is 3.77. The highest BCUT2D eigenvalue weighted by atomic mass is 32.2. The Labute approximate surface area is 121 Å². The quantitative estimate of drug-likeness (QED) is 0.447. The molecule has 1 aromatic rings. The van der Waals surface area contributed by atoms with Crippen LogP contribution in [0, 0.1) is 0 Å². The van der Waals surface area contributed by atoms with E-state index in [1.807, 2.05) is 0 Å². The molecular formula is C14H26N4S. The Morgan fingerprint density at radius 1 is 1.11 bits per heavy atom. The lowest BCUT2D eigenvalue weighted by molar-refractivity contribution is 0.327. The highest BCUT2D eigenvalue weighted by Crippen LogP contribution is 2.14. The number of benzene rings is 1.